The Morgan fingerprint density at radius 3 is 2.12 bits per heavy atom. The van der Waals surface area contributed by atoms with E-state index in [0.29, 0.717) is 0 Å². The third-order valence-electron chi connectivity index (χ3n) is 1.48. The van der Waals surface area contributed by atoms with Gasteiger partial charge in [-0.05, 0) is 68.9 Å². The third-order valence-corrected chi connectivity index (χ3v) is 2.37. The average Bonchev–Trinajstić information content (AvgIpc) is 2.04. The fourth-order valence-corrected chi connectivity index (χ4v) is 1.46. The number of halogens is 7. The molecule has 8 heteroatoms. The summed E-state index contributed by atoms with van der Waals surface area (Å²) in [4.78, 5) is 0. The third kappa shape index (κ3) is 4.20. The zero-order valence-electron chi connectivity index (χ0n) is 7.29. The Balaban J connectivity index is 3.10. The van der Waals surface area contributed by atoms with E-state index in [1.807, 2.05) is 0 Å². The lowest BCUT2D eigenvalue weighted by Gasteiger charge is -2.16. The van der Waals surface area contributed by atoms with E-state index in [-0.39, 0.29) is 10.2 Å². The minimum Gasteiger partial charge on any atom is -0.444 e. The van der Waals surface area contributed by atoms with Crippen molar-refractivity contribution >= 4 is 50.7 Å². The Kier molecular flexibility index (Phi) is 4.27. The highest BCUT2D eigenvalue weighted by atomic mass is 79.9. The molecule has 1 nitrogen and oxygen atoms in total. The molecular formula is C8H3BrCl3F3O. The van der Waals surface area contributed by atoms with Crippen LogP contribution in [-0.2, 0) is 6.18 Å². The van der Waals surface area contributed by atoms with Crippen molar-refractivity contribution in [2.45, 2.75) is 10.2 Å². The van der Waals surface area contributed by atoms with Gasteiger partial charge in [0.2, 0.25) is 0 Å². The summed E-state index contributed by atoms with van der Waals surface area (Å²) in [6, 6.07) is 2.79. The number of benzene rings is 1. The largest absolute Gasteiger partial charge is 0.444 e. The second-order valence-electron chi connectivity index (χ2n) is 2.69. The quantitative estimate of drug-likeness (QED) is 0.629. The number of alkyl halides is 6. The molecule has 0 saturated carbocycles. The molecule has 0 saturated heterocycles. The molecule has 1 rings (SSSR count). The van der Waals surface area contributed by atoms with Gasteiger partial charge in [-0.15, -0.1) is 0 Å². The zero-order chi connectivity index (χ0) is 12.6. The molecule has 0 aromatic heterocycles. The van der Waals surface area contributed by atoms with E-state index in [0.717, 1.165) is 18.2 Å². The molecule has 0 spiro atoms. The summed E-state index contributed by atoms with van der Waals surface area (Å²) in [5.41, 5.74) is -0.889. The average molecular weight is 358 g/mol. The van der Waals surface area contributed by atoms with Gasteiger partial charge in [0.25, 0.3) is 0 Å². The van der Waals surface area contributed by atoms with Gasteiger partial charge in [-0.25, -0.2) is 0 Å². The molecule has 0 N–H and O–H groups in total. The molecule has 0 fully saturated rings. The van der Waals surface area contributed by atoms with Crippen molar-refractivity contribution in [3.05, 3.63) is 28.2 Å². The van der Waals surface area contributed by atoms with E-state index >= 15 is 0 Å². The van der Waals surface area contributed by atoms with E-state index in [4.69, 9.17) is 39.5 Å². The maximum atomic E-state index is 12.4. The zero-order valence-corrected chi connectivity index (χ0v) is 11.1. The van der Waals surface area contributed by atoms with Crippen molar-refractivity contribution in [2.24, 2.45) is 0 Å². The lowest BCUT2D eigenvalue weighted by Crippen LogP contribution is -2.14. The molecule has 1 aromatic rings. The molecule has 16 heavy (non-hydrogen) atoms. The summed E-state index contributed by atoms with van der Waals surface area (Å²) in [5.74, 6) is -0.199. The highest BCUT2D eigenvalue weighted by molar-refractivity contribution is 9.10. The normalized spacial score (nSPS) is 12.7. The van der Waals surface area contributed by atoms with Crippen LogP contribution in [0, 0.1) is 0 Å². The highest BCUT2D eigenvalue weighted by Gasteiger charge is 2.32. The Hall–Kier alpha value is 0.160. The number of rotatable bonds is 1. The Labute approximate surface area is 113 Å². The predicted molar refractivity (Wildman–Crippen MR) is 60.1 cm³/mol. The van der Waals surface area contributed by atoms with Crippen LogP contribution in [0.25, 0.3) is 0 Å². The fraction of sp³-hybridized carbons (Fsp3) is 0.250. The van der Waals surface area contributed by atoms with Gasteiger partial charge in [-0.2, -0.15) is 13.2 Å². The van der Waals surface area contributed by atoms with Gasteiger partial charge in [0.1, 0.15) is 5.75 Å². The van der Waals surface area contributed by atoms with E-state index in [1.54, 1.807) is 0 Å². The van der Waals surface area contributed by atoms with Gasteiger partial charge in [0.05, 0.1) is 10.0 Å². The standard InChI is InChI=1S/C8H3BrCl3F3O/c9-5-2-1-4(7(13,14)15)3-6(5)16-8(10,11)12/h1-3H. The fourth-order valence-electron chi connectivity index (χ4n) is 0.883. The maximum Gasteiger partial charge on any atom is 0.416 e. The molecule has 0 aliphatic carbocycles. The number of hydrogen-bond donors (Lipinski definition) is 0. The van der Waals surface area contributed by atoms with E-state index in [2.05, 4.69) is 15.9 Å². The topological polar surface area (TPSA) is 9.23 Å². The Bertz CT molecular complexity index is 389. The molecule has 90 valence electrons. The van der Waals surface area contributed by atoms with Crippen molar-refractivity contribution in [3.63, 3.8) is 0 Å². The first-order chi connectivity index (χ1) is 7.09. The molecule has 0 bridgehead atoms. The van der Waals surface area contributed by atoms with Crippen molar-refractivity contribution in [1.29, 1.82) is 0 Å². The first kappa shape index (κ1) is 14.2. The van der Waals surface area contributed by atoms with Gasteiger partial charge in [-0.1, -0.05) is 0 Å². The first-order valence-corrected chi connectivity index (χ1v) is 5.65. The number of ether oxygens (including phenoxy) is 1. The lowest BCUT2D eigenvalue weighted by molar-refractivity contribution is -0.137. The molecule has 0 radical (unpaired) electrons. The summed E-state index contributed by atoms with van der Waals surface area (Å²) in [6.07, 6.45) is -4.48. The van der Waals surface area contributed by atoms with Crippen molar-refractivity contribution < 1.29 is 17.9 Å². The molecule has 0 unspecified atom stereocenters. The second-order valence-corrected chi connectivity index (χ2v) is 5.72. The van der Waals surface area contributed by atoms with Crippen LogP contribution in [-0.4, -0.2) is 3.98 Å². The van der Waals surface area contributed by atoms with Crippen LogP contribution in [0.3, 0.4) is 0 Å². The van der Waals surface area contributed by atoms with Gasteiger partial charge in [0.15, 0.2) is 0 Å². The van der Waals surface area contributed by atoms with Gasteiger partial charge >= 0.3 is 10.2 Å². The maximum absolute atomic E-state index is 12.4. The Morgan fingerprint density at radius 2 is 1.69 bits per heavy atom. The molecule has 0 atom stereocenters. The van der Waals surface area contributed by atoms with E-state index in [9.17, 15) is 13.2 Å². The van der Waals surface area contributed by atoms with E-state index < -0.39 is 15.7 Å². The van der Waals surface area contributed by atoms with Crippen LogP contribution in [0.5, 0.6) is 5.75 Å². The summed E-state index contributed by atoms with van der Waals surface area (Å²) in [7, 11) is 0. The van der Waals surface area contributed by atoms with Gasteiger partial charge < -0.3 is 4.74 Å². The SMILES string of the molecule is FC(F)(F)c1ccc(Br)c(OC(Cl)(Cl)Cl)c1. The minimum atomic E-state index is -4.48. The summed E-state index contributed by atoms with van der Waals surface area (Å²) in [5, 5.41) is 0. The van der Waals surface area contributed by atoms with Crippen LogP contribution in [0.2, 0.25) is 0 Å². The van der Waals surface area contributed by atoms with E-state index in [1.165, 1.54) is 0 Å². The van der Waals surface area contributed by atoms with Crippen LogP contribution in [0.1, 0.15) is 5.56 Å². The highest BCUT2D eigenvalue weighted by Crippen LogP contribution is 2.38. The monoisotopic (exact) mass is 356 g/mol. The lowest BCUT2D eigenvalue weighted by atomic mass is 10.2. The molecule has 0 heterocycles. The van der Waals surface area contributed by atoms with Crippen molar-refractivity contribution in [3.8, 4) is 5.75 Å². The minimum absolute atomic E-state index is 0.199. The smallest absolute Gasteiger partial charge is 0.416 e. The predicted octanol–water partition coefficient (Wildman–Crippen LogP) is 5.17. The molecule has 0 aliphatic rings. The molecule has 0 aliphatic heterocycles. The van der Waals surface area contributed by atoms with Crippen LogP contribution in [0.4, 0.5) is 13.2 Å². The molecule has 0 amide bonds. The molecular weight excluding hydrogens is 355 g/mol. The number of hydrogen-bond acceptors (Lipinski definition) is 1. The van der Waals surface area contributed by atoms with Crippen LogP contribution < -0.4 is 4.74 Å². The summed E-state index contributed by atoms with van der Waals surface area (Å²) in [6.45, 7) is 0. The second kappa shape index (κ2) is 4.80. The van der Waals surface area contributed by atoms with Crippen LogP contribution >= 0.6 is 50.7 Å². The summed E-state index contributed by atoms with van der Waals surface area (Å²) >= 11 is 18.9. The van der Waals surface area contributed by atoms with Gasteiger partial charge in [0, 0.05) is 0 Å². The van der Waals surface area contributed by atoms with Crippen molar-refractivity contribution in [1.82, 2.24) is 0 Å². The first-order valence-electron chi connectivity index (χ1n) is 3.72. The Morgan fingerprint density at radius 1 is 1.12 bits per heavy atom. The van der Waals surface area contributed by atoms with Gasteiger partial charge in [-0.3, -0.25) is 0 Å². The molecule has 1 aromatic carbocycles. The van der Waals surface area contributed by atoms with Crippen LogP contribution in [0.15, 0.2) is 22.7 Å². The summed E-state index contributed by atoms with van der Waals surface area (Å²) < 4.78 is 39.9. The van der Waals surface area contributed by atoms with Crippen molar-refractivity contribution in [2.75, 3.05) is 0 Å².